The van der Waals surface area contributed by atoms with Crippen LogP contribution in [-0.4, -0.2) is 5.11 Å². The van der Waals surface area contributed by atoms with Gasteiger partial charge in [0.15, 0.2) is 0 Å². The Morgan fingerprint density at radius 2 is 1.80 bits per heavy atom. The summed E-state index contributed by atoms with van der Waals surface area (Å²) in [6, 6.07) is 9.93. The van der Waals surface area contributed by atoms with Gasteiger partial charge in [0.1, 0.15) is 6.10 Å². The Bertz CT molecular complexity index is 664. The molecule has 1 heterocycles. The predicted octanol–water partition coefficient (Wildman–Crippen LogP) is 4.07. The van der Waals surface area contributed by atoms with E-state index in [0.717, 1.165) is 27.3 Å². The molecule has 3 rings (SSSR count). The number of hydrogen-bond donors (Lipinski definition) is 1. The summed E-state index contributed by atoms with van der Waals surface area (Å²) in [5.74, 6) is 0. The molecule has 0 aromatic heterocycles. The van der Waals surface area contributed by atoms with E-state index < -0.39 is 6.10 Å². The summed E-state index contributed by atoms with van der Waals surface area (Å²) in [6.07, 6.45) is -0.628. The molecule has 0 saturated heterocycles. The molecule has 1 unspecified atom stereocenters. The van der Waals surface area contributed by atoms with Crippen molar-refractivity contribution in [3.63, 3.8) is 0 Å². The number of aliphatic hydroxyl groups excluding tert-OH is 1. The van der Waals surface area contributed by atoms with Crippen LogP contribution in [-0.2, 0) is 18.0 Å². The fourth-order valence-corrected chi connectivity index (χ4v) is 2.86. The van der Waals surface area contributed by atoms with E-state index >= 15 is 0 Å². The smallest absolute Gasteiger partial charge is 0.104 e. The largest absolute Gasteiger partial charge is 0.384 e. The van der Waals surface area contributed by atoms with Crippen molar-refractivity contribution in [2.45, 2.75) is 33.2 Å². The molecule has 3 heteroatoms. The molecule has 20 heavy (non-hydrogen) atoms. The number of ether oxygens (including phenoxy) is 1. The van der Waals surface area contributed by atoms with E-state index in [-0.39, 0.29) is 0 Å². The number of fused-ring (bicyclic) bond motifs is 1. The van der Waals surface area contributed by atoms with Gasteiger partial charge in [0, 0.05) is 5.02 Å². The van der Waals surface area contributed by atoms with Crippen LogP contribution >= 0.6 is 11.6 Å². The summed E-state index contributed by atoms with van der Waals surface area (Å²) in [4.78, 5) is 0. The van der Waals surface area contributed by atoms with E-state index in [9.17, 15) is 5.11 Å². The zero-order valence-electron chi connectivity index (χ0n) is 11.6. The summed E-state index contributed by atoms with van der Waals surface area (Å²) >= 11 is 6.12. The Kier molecular flexibility index (Phi) is 3.55. The average Bonchev–Trinajstić information content (AvgIpc) is 2.89. The molecule has 2 nitrogen and oxygen atoms in total. The van der Waals surface area contributed by atoms with Crippen molar-refractivity contribution < 1.29 is 9.84 Å². The molecule has 0 saturated carbocycles. The molecule has 104 valence electrons. The highest BCUT2D eigenvalue weighted by Crippen LogP contribution is 2.31. The van der Waals surface area contributed by atoms with Gasteiger partial charge < -0.3 is 9.84 Å². The molecule has 1 aliphatic heterocycles. The molecular weight excluding hydrogens is 272 g/mol. The fourth-order valence-electron chi connectivity index (χ4n) is 2.64. The van der Waals surface area contributed by atoms with Gasteiger partial charge in [0.05, 0.1) is 13.2 Å². The van der Waals surface area contributed by atoms with Crippen LogP contribution < -0.4 is 0 Å². The van der Waals surface area contributed by atoms with Gasteiger partial charge in [-0.25, -0.2) is 0 Å². The maximum atomic E-state index is 10.6. The van der Waals surface area contributed by atoms with Crippen molar-refractivity contribution in [2.75, 3.05) is 0 Å². The van der Waals surface area contributed by atoms with Crippen LogP contribution in [0.5, 0.6) is 0 Å². The lowest BCUT2D eigenvalue weighted by Gasteiger charge is -2.16. The topological polar surface area (TPSA) is 29.5 Å². The Morgan fingerprint density at radius 3 is 2.60 bits per heavy atom. The van der Waals surface area contributed by atoms with Crippen molar-refractivity contribution in [2.24, 2.45) is 0 Å². The van der Waals surface area contributed by atoms with Gasteiger partial charge in [-0.2, -0.15) is 0 Å². The third-order valence-corrected chi connectivity index (χ3v) is 4.31. The molecule has 0 fully saturated rings. The minimum Gasteiger partial charge on any atom is -0.384 e. The first kappa shape index (κ1) is 13.6. The monoisotopic (exact) mass is 288 g/mol. The minimum absolute atomic E-state index is 0.628. The molecule has 0 amide bonds. The summed E-state index contributed by atoms with van der Waals surface area (Å²) in [7, 11) is 0. The van der Waals surface area contributed by atoms with Crippen LogP contribution in [0.25, 0.3) is 0 Å². The molecule has 0 aliphatic carbocycles. The summed E-state index contributed by atoms with van der Waals surface area (Å²) in [5, 5.41) is 11.4. The zero-order chi connectivity index (χ0) is 14.3. The molecule has 1 atom stereocenters. The number of aryl methyl sites for hydroxylation is 2. The molecule has 2 aromatic rings. The minimum atomic E-state index is -0.628. The van der Waals surface area contributed by atoms with E-state index in [2.05, 4.69) is 0 Å². The van der Waals surface area contributed by atoms with Gasteiger partial charge in [-0.15, -0.1) is 0 Å². The maximum absolute atomic E-state index is 10.6. The van der Waals surface area contributed by atoms with E-state index in [1.165, 1.54) is 11.1 Å². The van der Waals surface area contributed by atoms with Gasteiger partial charge in [-0.05, 0) is 53.3 Å². The van der Waals surface area contributed by atoms with Gasteiger partial charge in [0.25, 0.3) is 0 Å². The van der Waals surface area contributed by atoms with Crippen LogP contribution in [0.4, 0.5) is 0 Å². The molecule has 0 bridgehead atoms. The van der Waals surface area contributed by atoms with Gasteiger partial charge >= 0.3 is 0 Å². The summed E-state index contributed by atoms with van der Waals surface area (Å²) in [6.45, 7) is 5.23. The quantitative estimate of drug-likeness (QED) is 0.903. The fraction of sp³-hybridized carbons (Fsp3) is 0.294. The highest BCUT2D eigenvalue weighted by molar-refractivity contribution is 6.31. The van der Waals surface area contributed by atoms with Crippen molar-refractivity contribution >= 4 is 11.6 Å². The number of aliphatic hydroxyl groups is 1. The van der Waals surface area contributed by atoms with Crippen molar-refractivity contribution in [3.8, 4) is 0 Å². The van der Waals surface area contributed by atoms with E-state index in [1.54, 1.807) is 0 Å². The number of benzene rings is 2. The lowest BCUT2D eigenvalue weighted by molar-refractivity contribution is 0.134. The lowest BCUT2D eigenvalue weighted by Crippen LogP contribution is -2.03. The van der Waals surface area contributed by atoms with Crippen molar-refractivity contribution in [1.82, 2.24) is 0 Å². The lowest BCUT2D eigenvalue weighted by atomic mass is 9.94. The molecular formula is C17H17ClO2. The average molecular weight is 289 g/mol. The van der Waals surface area contributed by atoms with Gasteiger partial charge in [-0.3, -0.25) is 0 Å². The summed E-state index contributed by atoms with van der Waals surface area (Å²) in [5.41, 5.74) is 6.18. The van der Waals surface area contributed by atoms with E-state index in [0.29, 0.717) is 13.2 Å². The van der Waals surface area contributed by atoms with E-state index in [1.807, 2.05) is 44.2 Å². The van der Waals surface area contributed by atoms with Crippen LogP contribution in [0.15, 0.2) is 30.3 Å². The Balaban J connectivity index is 2.00. The molecule has 1 aliphatic rings. The maximum Gasteiger partial charge on any atom is 0.104 e. The Morgan fingerprint density at radius 1 is 1.05 bits per heavy atom. The first-order valence-electron chi connectivity index (χ1n) is 6.70. The van der Waals surface area contributed by atoms with Crippen molar-refractivity contribution in [1.29, 1.82) is 0 Å². The first-order valence-corrected chi connectivity index (χ1v) is 7.08. The number of hydrogen-bond acceptors (Lipinski definition) is 2. The molecule has 2 aromatic carbocycles. The third kappa shape index (κ3) is 2.35. The third-order valence-electron chi connectivity index (χ3n) is 3.90. The molecule has 1 N–H and O–H groups in total. The van der Waals surface area contributed by atoms with Crippen molar-refractivity contribution in [3.05, 3.63) is 68.7 Å². The van der Waals surface area contributed by atoms with Crippen LogP contribution in [0.3, 0.4) is 0 Å². The highest BCUT2D eigenvalue weighted by atomic mass is 35.5. The normalized spacial score (nSPS) is 15.2. The second-order valence-electron chi connectivity index (χ2n) is 5.38. The zero-order valence-corrected chi connectivity index (χ0v) is 12.4. The van der Waals surface area contributed by atoms with Gasteiger partial charge in [0.2, 0.25) is 0 Å². The second kappa shape index (κ2) is 5.21. The summed E-state index contributed by atoms with van der Waals surface area (Å²) < 4.78 is 5.41. The second-order valence-corrected chi connectivity index (χ2v) is 5.79. The Hall–Kier alpha value is -1.35. The number of halogens is 1. The molecule has 0 spiro atoms. The standard InChI is InChI=1S/C17H17ClO2/c1-10-6-16(18)11(2)5-15(10)17(19)12-3-4-13-8-20-9-14(13)7-12/h3-7,17,19H,8-9H2,1-2H3. The highest BCUT2D eigenvalue weighted by Gasteiger charge is 2.18. The van der Waals surface area contributed by atoms with E-state index in [4.69, 9.17) is 16.3 Å². The van der Waals surface area contributed by atoms with Crippen LogP contribution in [0.1, 0.15) is 39.5 Å². The number of rotatable bonds is 2. The first-order chi connectivity index (χ1) is 9.56. The molecule has 0 radical (unpaired) electrons. The SMILES string of the molecule is Cc1cc(C(O)c2ccc3c(c2)COC3)c(C)cc1Cl. The van der Waals surface area contributed by atoms with Crippen LogP contribution in [0, 0.1) is 13.8 Å². The predicted molar refractivity (Wildman–Crippen MR) is 79.9 cm³/mol. The van der Waals surface area contributed by atoms with Gasteiger partial charge in [-0.1, -0.05) is 35.9 Å². The van der Waals surface area contributed by atoms with Crippen LogP contribution in [0.2, 0.25) is 5.02 Å². The Labute approximate surface area is 124 Å².